The van der Waals surface area contributed by atoms with Crippen LogP contribution in [-0.4, -0.2) is 37.8 Å². The molecule has 0 heterocycles. The Morgan fingerprint density at radius 3 is 0.917 bits per heavy atom. The minimum Gasteiger partial charge on any atom is -0.391 e. The number of rotatable bonds is 39. The van der Waals surface area contributed by atoms with Gasteiger partial charge in [0, 0.05) is 0 Å². The minimum atomic E-state index is -4.50. The lowest BCUT2D eigenvalue weighted by Crippen LogP contribution is -2.22. The van der Waals surface area contributed by atoms with E-state index in [9.17, 15) is 13.5 Å². The van der Waals surface area contributed by atoms with E-state index in [0.717, 1.165) is 12.8 Å². The van der Waals surface area contributed by atoms with E-state index in [0.29, 0.717) is 12.3 Å². The molecule has 0 aromatic heterocycles. The predicted octanol–water partition coefficient (Wildman–Crippen LogP) is 13.1. The molecule has 1 atom stereocenters. The summed E-state index contributed by atoms with van der Waals surface area (Å²) in [6.45, 7) is 4.21. The van der Waals surface area contributed by atoms with Gasteiger partial charge in [-0.1, -0.05) is 232 Å². The van der Waals surface area contributed by atoms with Crippen LogP contribution in [0, 0.1) is 5.92 Å². The highest BCUT2D eigenvalue weighted by Crippen LogP contribution is 2.24. The lowest BCUT2D eigenvalue weighted by Gasteiger charge is -2.20. The second kappa shape index (κ2) is 41.2. The third-order valence-corrected chi connectivity index (χ3v) is 10.4. The quantitative estimate of drug-likeness (QED) is 0.0434. The van der Waals surface area contributed by atoms with Gasteiger partial charge in [0.2, 0.25) is 0 Å². The summed E-state index contributed by atoms with van der Waals surface area (Å²) in [6, 6.07) is 0. The highest BCUT2D eigenvalue weighted by atomic mass is 32.3. The largest absolute Gasteiger partial charge is 0.397 e. The fourth-order valence-corrected chi connectivity index (χ4v) is 7.29. The normalized spacial score (nSPS) is 12.4. The van der Waals surface area contributed by atoms with Crippen LogP contribution in [0.3, 0.4) is 0 Å². The highest BCUT2D eigenvalue weighted by molar-refractivity contribution is 7.80. The number of hydrogen-bond donors (Lipinski definition) is 3. The zero-order valence-corrected chi connectivity index (χ0v) is 33.5. The summed E-state index contributed by atoms with van der Waals surface area (Å²) >= 11 is 0. The monoisotopic (exact) mass is 706 g/mol. The zero-order chi connectivity index (χ0) is 35.8. The number of nitrogens with two attached hydrogens (primary N) is 1. The van der Waals surface area contributed by atoms with Crippen LogP contribution < -0.4 is 5.73 Å². The molecule has 0 fully saturated rings. The van der Waals surface area contributed by atoms with E-state index in [1.165, 1.54) is 213 Å². The molecule has 0 rings (SSSR count). The molecule has 7 heteroatoms. The van der Waals surface area contributed by atoms with E-state index in [4.69, 9.17) is 4.55 Å². The molecule has 0 aromatic rings. The summed E-state index contributed by atoms with van der Waals surface area (Å²) < 4.78 is 35.1. The van der Waals surface area contributed by atoms with Crippen LogP contribution in [-0.2, 0) is 14.6 Å². The van der Waals surface area contributed by atoms with E-state index < -0.39 is 16.5 Å². The highest BCUT2D eigenvalue weighted by Gasteiger charge is 2.17. The molecule has 0 radical (unpaired) electrons. The van der Waals surface area contributed by atoms with E-state index in [2.05, 4.69) is 23.8 Å². The molecule has 48 heavy (non-hydrogen) atoms. The van der Waals surface area contributed by atoms with Gasteiger partial charge in [-0.2, -0.15) is 8.42 Å². The Morgan fingerprint density at radius 2 is 0.688 bits per heavy atom. The minimum absolute atomic E-state index is 0.354. The van der Waals surface area contributed by atoms with Crippen LogP contribution in [0.1, 0.15) is 239 Å². The Kier molecular flexibility index (Phi) is 42.8. The predicted molar refractivity (Wildman–Crippen MR) is 210 cm³/mol. The smallest absolute Gasteiger partial charge is 0.391 e. The van der Waals surface area contributed by atoms with E-state index in [1.54, 1.807) is 0 Å². The average molecular weight is 706 g/mol. The molecule has 6 nitrogen and oxygen atoms in total. The molecule has 292 valence electrons. The van der Waals surface area contributed by atoms with Gasteiger partial charge in [-0.15, -0.1) is 0 Å². The van der Waals surface area contributed by atoms with Crippen molar-refractivity contribution in [2.75, 3.05) is 13.7 Å². The Morgan fingerprint density at radius 1 is 0.458 bits per heavy atom. The second-order valence-corrected chi connectivity index (χ2v) is 15.7. The third kappa shape index (κ3) is 43.8. The summed E-state index contributed by atoms with van der Waals surface area (Å²) in [7, 11) is -3.00. The van der Waals surface area contributed by atoms with Gasteiger partial charge in [0.05, 0.1) is 12.7 Å². The maximum atomic E-state index is 10.9. The first-order valence-electron chi connectivity index (χ1n) is 21.3. The number of aliphatic hydroxyl groups is 1. The van der Waals surface area contributed by atoms with E-state index in [1.807, 2.05) is 0 Å². The molecule has 0 bridgehead atoms. The Balaban J connectivity index is 0. The van der Waals surface area contributed by atoms with Gasteiger partial charge in [0.15, 0.2) is 0 Å². The molecule has 1 unspecified atom stereocenters. The van der Waals surface area contributed by atoms with Crippen LogP contribution in [0.15, 0.2) is 0 Å². The van der Waals surface area contributed by atoms with Crippen LogP contribution in [0.25, 0.3) is 0 Å². The molecule has 0 saturated carbocycles. The lowest BCUT2D eigenvalue weighted by molar-refractivity contribution is 0.0777. The maximum Gasteiger partial charge on any atom is 0.397 e. The van der Waals surface area contributed by atoms with Crippen LogP contribution in [0.2, 0.25) is 0 Å². The molecular weight excluding hydrogens is 619 g/mol. The van der Waals surface area contributed by atoms with Crippen molar-refractivity contribution in [3.05, 3.63) is 0 Å². The van der Waals surface area contributed by atoms with Crippen molar-refractivity contribution < 1.29 is 22.3 Å². The van der Waals surface area contributed by atoms with Crippen molar-refractivity contribution >= 4 is 10.4 Å². The fourth-order valence-electron chi connectivity index (χ4n) is 6.96. The molecule has 0 aliphatic rings. The van der Waals surface area contributed by atoms with Gasteiger partial charge in [-0.3, -0.25) is 4.55 Å². The van der Waals surface area contributed by atoms with E-state index >= 15 is 0 Å². The van der Waals surface area contributed by atoms with Gasteiger partial charge < -0.3 is 10.8 Å². The van der Waals surface area contributed by atoms with Gasteiger partial charge in [0.25, 0.3) is 0 Å². The van der Waals surface area contributed by atoms with E-state index in [-0.39, 0.29) is 6.61 Å². The first kappa shape index (κ1) is 49.9. The molecular formula is C41H87NO5S. The molecule has 0 amide bonds. The molecule has 0 saturated heterocycles. The number of unbranched alkanes of at least 4 members (excludes halogenated alkanes) is 30. The van der Waals surface area contributed by atoms with Gasteiger partial charge in [-0.25, -0.2) is 4.18 Å². The van der Waals surface area contributed by atoms with Crippen molar-refractivity contribution in [1.82, 2.24) is 0 Å². The topological polar surface area (TPSA) is 110 Å². The number of hydrogen-bond acceptors (Lipinski definition) is 5. The molecule has 0 aliphatic heterocycles. The SMILES string of the molecule is CCCCCCCCCCCCCCCCCCC(CCCCCCCCCCCCCCCCCC)CC(O)COS(=O)(=O)O.CN. The van der Waals surface area contributed by atoms with Gasteiger partial charge >= 0.3 is 10.4 Å². The van der Waals surface area contributed by atoms with Crippen molar-refractivity contribution in [2.45, 2.75) is 245 Å². The average Bonchev–Trinajstić information content (AvgIpc) is 3.07. The number of aliphatic hydroxyl groups excluding tert-OH is 1. The molecule has 0 aromatic carbocycles. The summed E-state index contributed by atoms with van der Waals surface area (Å²) in [5.74, 6) is 0.387. The Hall–Kier alpha value is -0.210. The third-order valence-electron chi connectivity index (χ3n) is 9.95. The van der Waals surface area contributed by atoms with Crippen LogP contribution in [0.5, 0.6) is 0 Å². The summed E-state index contributed by atoms with van der Waals surface area (Å²) in [5, 5.41) is 10.4. The van der Waals surface area contributed by atoms with Crippen LogP contribution >= 0.6 is 0 Å². The van der Waals surface area contributed by atoms with Crippen molar-refractivity contribution in [3.63, 3.8) is 0 Å². The standard InChI is InChI=1S/C40H82O5S.CH5N/c1-3-5-7-9-11-13-15-17-19-21-23-25-27-29-31-33-35-39(37-40(41)38-45-46(42,43)44)36-34-32-30-28-26-24-22-20-18-16-14-12-10-8-6-4-2;1-2/h39-41H,3-38H2,1-2H3,(H,42,43,44);2H2,1H3. The summed E-state index contributed by atoms with van der Waals surface area (Å²) in [5.41, 5.74) is 4.50. The first-order chi connectivity index (χ1) is 23.4. The Bertz CT molecular complexity index is 654. The Labute approximate surface area is 301 Å². The van der Waals surface area contributed by atoms with Crippen molar-refractivity contribution in [1.29, 1.82) is 0 Å². The summed E-state index contributed by atoms with van der Waals surface area (Å²) in [4.78, 5) is 0. The van der Waals surface area contributed by atoms with Gasteiger partial charge in [-0.05, 0) is 19.4 Å². The fraction of sp³-hybridized carbons (Fsp3) is 1.00. The molecule has 0 spiro atoms. The zero-order valence-electron chi connectivity index (χ0n) is 32.7. The first-order valence-corrected chi connectivity index (χ1v) is 22.6. The van der Waals surface area contributed by atoms with Crippen molar-refractivity contribution in [3.8, 4) is 0 Å². The maximum absolute atomic E-state index is 10.9. The molecule has 0 aliphatic carbocycles. The lowest BCUT2D eigenvalue weighted by atomic mass is 9.89. The van der Waals surface area contributed by atoms with Crippen LogP contribution in [0.4, 0.5) is 0 Å². The second-order valence-electron chi connectivity index (χ2n) is 14.7. The van der Waals surface area contributed by atoms with Crippen molar-refractivity contribution in [2.24, 2.45) is 11.7 Å². The summed E-state index contributed by atoms with van der Waals surface area (Å²) in [6.07, 6.45) is 45.5. The molecule has 4 N–H and O–H groups in total. The van der Waals surface area contributed by atoms with Gasteiger partial charge in [0.1, 0.15) is 0 Å².